The fraction of sp³-hybridized carbons (Fsp3) is 0.643. The highest BCUT2D eigenvalue weighted by molar-refractivity contribution is 5.76. The number of ether oxygens (including phenoxy) is 7. The number of esters is 1. The van der Waals surface area contributed by atoms with E-state index in [1.165, 1.54) is 12.1 Å². The molecule has 0 spiro atoms. The second-order valence-electron chi connectivity index (χ2n) is 9.99. The second-order valence-corrected chi connectivity index (χ2v) is 9.99. The van der Waals surface area contributed by atoms with Gasteiger partial charge in [0.15, 0.2) is 11.5 Å². The number of benzene rings is 1. The van der Waals surface area contributed by atoms with Gasteiger partial charge in [0.25, 0.3) is 0 Å². The number of hydrogen-bond acceptors (Lipinski definition) is 12. The molecule has 0 aliphatic rings. The first-order chi connectivity index (χ1) is 18.7. The lowest BCUT2D eigenvalue weighted by Gasteiger charge is -2.23. The van der Waals surface area contributed by atoms with Crippen LogP contribution in [-0.4, -0.2) is 61.0 Å². The summed E-state index contributed by atoms with van der Waals surface area (Å²) in [5.41, 5.74) is 5.83. The minimum absolute atomic E-state index is 0.00644. The summed E-state index contributed by atoms with van der Waals surface area (Å²) in [6.45, 7) is 13.8. The van der Waals surface area contributed by atoms with E-state index in [-0.39, 0.29) is 30.6 Å². The van der Waals surface area contributed by atoms with E-state index in [0.29, 0.717) is 24.8 Å². The Bertz CT molecular complexity index is 994. The minimum Gasteiger partial charge on any atom is -0.458 e. The van der Waals surface area contributed by atoms with Gasteiger partial charge in [-0.3, -0.25) is 4.79 Å². The Morgan fingerprint density at radius 1 is 0.800 bits per heavy atom. The quantitative estimate of drug-likeness (QED) is 0.171. The molecule has 2 unspecified atom stereocenters. The molecule has 1 rings (SSSR count). The van der Waals surface area contributed by atoms with Gasteiger partial charge in [-0.1, -0.05) is 26.8 Å². The number of nitrogens with two attached hydrogens (primary N) is 1. The molecule has 4 atom stereocenters. The molecule has 0 fully saturated rings. The van der Waals surface area contributed by atoms with Crippen LogP contribution in [0.1, 0.15) is 80.2 Å². The van der Waals surface area contributed by atoms with E-state index in [0.717, 1.165) is 0 Å². The summed E-state index contributed by atoms with van der Waals surface area (Å²) in [6.07, 6.45) is -2.65. The van der Waals surface area contributed by atoms with Crippen molar-refractivity contribution >= 4 is 24.4 Å². The summed E-state index contributed by atoms with van der Waals surface area (Å²) < 4.78 is 36.2. The minimum atomic E-state index is -1.10. The number of carbonyl (C=O) groups excluding carboxylic acids is 4. The summed E-state index contributed by atoms with van der Waals surface area (Å²) in [5, 5.41) is 0. The third-order valence-corrected chi connectivity index (χ3v) is 5.86. The summed E-state index contributed by atoms with van der Waals surface area (Å²) in [5.74, 6) is -0.949. The lowest BCUT2D eigenvalue weighted by molar-refractivity contribution is -0.152. The van der Waals surface area contributed by atoms with E-state index < -0.39 is 48.3 Å². The Morgan fingerprint density at radius 3 is 1.88 bits per heavy atom. The van der Waals surface area contributed by atoms with Crippen LogP contribution < -0.4 is 15.2 Å². The zero-order valence-electron chi connectivity index (χ0n) is 24.6. The van der Waals surface area contributed by atoms with E-state index in [1.54, 1.807) is 40.7 Å². The van der Waals surface area contributed by atoms with Crippen LogP contribution in [0.15, 0.2) is 18.2 Å². The van der Waals surface area contributed by atoms with Crippen molar-refractivity contribution in [1.29, 1.82) is 0 Å². The van der Waals surface area contributed by atoms with Gasteiger partial charge in [0.2, 0.25) is 0 Å². The Kier molecular flexibility index (Phi) is 14.3. The molecule has 2 N–H and O–H groups in total. The normalized spacial score (nSPS) is 14.1. The largest absolute Gasteiger partial charge is 0.514 e. The summed E-state index contributed by atoms with van der Waals surface area (Å²) >= 11 is 0. The number of rotatable bonds is 14. The molecule has 12 heteroatoms. The van der Waals surface area contributed by atoms with Crippen LogP contribution in [0, 0.1) is 0 Å². The van der Waals surface area contributed by atoms with E-state index in [9.17, 15) is 19.2 Å². The fourth-order valence-corrected chi connectivity index (χ4v) is 2.74. The third-order valence-electron chi connectivity index (χ3n) is 5.86. The molecule has 0 saturated carbocycles. The Labute approximate surface area is 235 Å². The SMILES string of the molecule is CCC(C)OC(=O)Oc1cc(C[C@H](N)C(=O)OC(C)COC(=O)OC(C)(C)CC)ccc1OC(=O)O[C@@H](C)CC. The van der Waals surface area contributed by atoms with Crippen molar-refractivity contribution in [3.05, 3.63) is 23.8 Å². The molecule has 226 valence electrons. The molecule has 0 bridgehead atoms. The summed E-state index contributed by atoms with van der Waals surface area (Å²) in [7, 11) is 0. The van der Waals surface area contributed by atoms with E-state index in [2.05, 4.69) is 0 Å². The van der Waals surface area contributed by atoms with Crippen LogP contribution >= 0.6 is 0 Å². The van der Waals surface area contributed by atoms with Crippen LogP contribution in [0.25, 0.3) is 0 Å². The fourth-order valence-electron chi connectivity index (χ4n) is 2.74. The molecule has 0 aliphatic heterocycles. The summed E-state index contributed by atoms with van der Waals surface area (Å²) in [6, 6.07) is 3.23. The van der Waals surface area contributed by atoms with E-state index >= 15 is 0 Å². The first kappa shape index (κ1) is 34.5. The highest BCUT2D eigenvalue weighted by Crippen LogP contribution is 2.30. The molecule has 0 saturated heterocycles. The molecule has 0 heterocycles. The van der Waals surface area contributed by atoms with Crippen molar-refractivity contribution in [3.8, 4) is 11.5 Å². The lowest BCUT2D eigenvalue weighted by atomic mass is 10.1. The molecule has 1 aromatic rings. The van der Waals surface area contributed by atoms with Gasteiger partial charge in [0.05, 0.1) is 0 Å². The standard InChI is InChI=1S/C28H43NO11/c1-9-17(4)36-26(32)38-22-13-12-20(15-23(22)39-27(33)37-18(5)10-2)14-21(29)24(30)35-19(6)16-34-25(31)40-28(7,8)11-3/h12-13,15,17-19,21H,9-11,14,16,29H2,1-8H3/t17-,18?,19?,21-/m0/s1. The molecule has 0 amide bonds. The van der Waals surface area contributed by atoms with Crippen molar-refractivity contribution in [2.24, 2.45) is 5.73 Å². The Hall–Kier alpha value is -3.54. The predicted octanol–water partition coefficient (Wildman–Crippen LogP) is 5.46. The van der Waals surface area contributed by atoms with Gasteiger partial charge in [-0.2, -0.15) is 0 Å². The zero-order chi connectivity index (χ0) is 30.5. The van der Waals surface area contributed by atoms with Gasteiger partial charge in [-0.25, -0.2) is 14.4 Å². The molecule has 1 aromatic carbocycles. The van der Waals surface area contributed by atoms with Crippen LogP contribution in [0.4, 0.5) is 14.4 Å². The highest BCUT2D eigenvalue weighted by atomic mass is 16.8. The zero-order valence-corrected chi connectivity index (χ0v) is 24.6. The van der Waals surface area contributed by atoms with E-state index in [4.69, 9.17) is 38.9 Å². The predicted molar refractivity (Wildman–Crippen MR) is 144 cm³/mol. The molecule has 40 heavy (non-hydrogen) atoms. The maximum Gasteiger partial charge on any atom is 0.514 e. The molecular formula is C28H43NO11. The van der Waals surface area contributed by atoms with Crippen molar-refractivity contribution in [1.82, 2.24) is 0 Å². The van der Waals surface area contributed by atoms with Crippen LogP contribution in [-0.2, 0) is 34.9 Å². The van der Waals surface area contributed by atoms with E-state index in [1.807, 2.05) is 20.8 Å². The van der Waals surface area contributed by atoms with Gasteiger partial charge in [0.1, 0.15) is 36.6 Å². The number of carbonyl (C=O) groups is 4. The van der Waals surface area contributed by atoms with Crippen molar-refractivity contribution < 1.29 is 52.3 Å². The topological polar surface area (TPSA) is 159 Å². The van der Waals surface area contributed by atoms with Gasteiger partial charge >= 0.3 is 24.4 Å². The highest BCUT2D eigenvalue weighted by Gasteiger charge is 2.25. The smallest absolute Gasteiger partial charge is 0.458 e. The second kappa shape index (κ2) is 16.5. The molecular weight excluding hydrogens is 526 g/mol. The van der Waals surface area contributed by atoms with Crippen molar-refractivity contribution in [2.45, 2.75) is 111 Å². The average molecular weight is 570 g/mol. The first-order valence-electron chi connectivity index (χ1n) is 13.4. The van der Waals surface area contributed by atoms with Gasteiger partial charge in [-0.05, 0) is 78.0 Å². The molecule has 0 aromatic heterocycles. The number of hydrogen-bond donors (Lipinski definition) is 1. The Morgan fingerprint density at radius 2 is 1.35 bits per heavy atom. The average Bonchev–Trinajstić information content (AvgIpc) is 2.88. The Balaban J connectivity index is 2.87. The molecule has 12 nitrogen and oxygen atoms in total. The van der Waals surface area contributed by atoms with Gasteiger partial charge in [-0.15, -0.1) is 0 Å². The van der Waals surface area contributed by atoms with Crippen LogP contribution in [0.2, 0.25) is 0 Å². The maximum atomic E-state index is 12.5. The summed E-state index contributed by atoms with van der Waals surface area (Å²) in [4.78, 5) is 48.8. The monoisotopic (exact) mass is 569 g/mol. The lowest BCUT2D eigenvalue weighted by Crippen LogP contribution is -2.37. The molecule has 0 radical (unpaired) electrons. The maximum absolute atomic E-state index is 12.5. The first-order valence-corrected chi connectivity index (χ1v) is 13.4. The van der Waals surface area contributed by atoms with Gasteiger partial charge in [0, 0.05) is 0 Å². The third kappa shape index (κ3) is 13.0. The van der Waals surface area contributed by atoms with Crippen molar-refractivity contribution in [3.63, 3.8) is 0 Å². The van der Waals surface area contributed by atoms with Crippen LogP contribution in [0.5, 0.6) is 11.5 Å². The van der Waals surface area contributed by atoms with Crippen molar-refractivity contribution in [2.75, 3.05) is 6.61 Å². The van der Waals surface area contributed by atoms with Gasteiger partial charge < -0.3 is 38.9 Å². The molecule has 0 aliphatic carbocycles. The van der Waals surface area contributed by atoms with Crippen LogP contribution in [0.3, 0.4) is 0 Å².